The summed E-state index contributed by atoms with van der Waals surface area (Å²) in [5.74, 6) is -0.416. The number of anilines is 1. The molecular formula is C11H11N9O2S. The lowest BCUT2D eigenvalue weighted by Gasteiger charge is -2.03. The normalized spacial score (nSPS) is 11.5. The highest BCUT2D eigenvalue weighted by molar-refractivity contribution is 7.90. The highest BCUT2D eigenvalue weighted by Gasteiger charge is 2.12. The van der Waals surface area contributed by atoms with Crippen molar-refractivity contribution in [2.24, 2.45) is 15.9 Å². The number of rotatable bonds is 5. The minimum Gasteiger partial charge on any atom is -0.369 e. The highest BCUT2D eigenvalue weighted by Crippen LogP contribution is 2.17. The van der Waals surface area contributed by atoms with Crippen LogP contribution in [0.25, 0.3) is 5.57 Å². The van der Waals surface area contributed by atoms with Crippen molar-refractivity contribution in [1.82, 2.24) is 20.6 Å². The quantitative estimate of drug-likeness (QED) is 0.306. The van der Waals surface area contributed by atoms with E-state index >= 15 is 0 Å². The van der Waals surface area contributed by atoms with Crippen LogP contribution in [0.5, 0.6) is 0 Å². The Labute approximate surface area is 130 Å². The van der Waals surface area contributed by atoms with Gasteiger partial charge in [-0.3, -0.25) is 0 Å². The molecule has 2 rings (SSSR count). The lowest BCUT2D eigenvalue weighted by Crippen LogP contribution is -2.24. The molecule has 0 bridgehead atoms. The Morgan fingerprint density at radius 3 is 2.57 bits per heavy atom. The molecule has 1 heterocycles. The third-order valence-electron chi connectivity index (χ3n) is 2.47. The van der Waals surface area contributed by atoms with E-state index in [1.165, 1.54) is 30.5 Å². The van der Waals surface area contributed by atoms with Gasteiger partial charge in [0.1, 0.15) is 11.6 Å². The maximum atomic E-state index is 11.8. The van der Waals surface area contributed by atoms with E-state index in [9.17, 15) is 8.42 Å². The van der Waals surface area contributed by atoms with Crippen LogP contribution in [0.4, 0.5) is 5.69 Å². The van der Waals surface area contributed by atoms with Gasteiger partial charge in [0, 0.05) is 11.9 Å². The Bertz CT molecular complexity index is 873. The summed E-state index contributed by atoms with van der Waals surface area (Å²) in [4.78, 5) is -0.0703. The lowest BCUT2D eigenvalue weighted by molar-refractivity contribution is 0.598. The minimum absolute atomic E-state index is 0.0703. The van der Waals surface area contributed by atoms with Crippen LogP contribution in [0.3, 0.4) is 0 Å². The number of aromatic nitrogens is 4. The first-order valence-electron chi connectivity index (χ1n) is 5.99. The molecule has 0 amide bonds. The van der Waals surface area contributed by atoms with Crippen LogP contribution in [0.15, 0.2) is 39.8 Å². The molecule has 0 unspecified atom stereocenters. The number of tetrazole rings is 1. The summed E-state index contributed by atoms with van der Waals surface area (Å²) in [6.07, 6.45) is 1.37. The van der Waals surface area contributed by atoms with Crippen LogP contribution in [-0.4, -0.2) is 35.0 Å². The maximum Gasteiger partial charge on any atom is 0.285 e. The van der Waals surface area contributed by atoms with Crippen molar-refractivity contribution < 1.29 is 8.42 Å². The van der Waals surface area contributed by atoms with E-state index in [2.05, 4.69) is 30.3 Å². The molecule has 118 valence electrons. The third kappa shape index (κ3) is 4.02. The predicted molar refractivity (Wildman–Crippen MR) is 80.8 cm³/mol. The van der Waals surface area contributed by atoms with Gasteiger partial charge in [0.25, 0.3) is 10.0 Å². The summed E-state index contributed by atoms with van der Waals surface area (Å²) in [5, 5.41) is 24.8. The average Bonchev–Trinajstić information content (AvgIpc) is 3.01. The summed E-state index contributed by atoms with van der Waals surface area (Å²) in [5.41, 5.74) is 10.8. The molecule has 12 heteroatoms. The lowest BCUT2D eigenvalue weighted by atomic mass is 10.3. The molecule has 0 saturated heterocycles. The third-order valence-corrected chi connectivity index (χ3v) is 3.79. The number of hydrogen-bond acceptors (Lipinski definition) is 7. The number of nitrogens with zero attached hydrogens (tertiary/aromatic N) is 5. The Morgan fingerprint density at radius 1 is 1.35 bits per heavy atom. The fourth-order valence-corrected chi connectivity index (χ4v) is 2.36. The molecule has 1 aromatic carbocycles. The number of sulfonamides is 1. The number of nitrogens with two attached hydrogens (primary N) is 2. The SMILES string of the molecule is N#CC(=CNc1ccc(S(=O)(=O)N=C(N)N)cc1)c1nn[nH]n1. The number of allylic oxidation sites excluding steroid dienone is 1. The summed E-state index contributed by atoms with van der Waals surface area (Å²) >= 11 is 0. The number of H-pyrrole nitrogens is 1. The zero-order valence-electron chi connectivity index (χ0n) is 11.5. The molecule has 0 spiro atoms. The van der Waals surface area contributed by atoms with E-state index in [-0.39, 0.29) is 16.3 Å². The monoisotopic (exact) mass is 333 g/mol. The Kier molecular flexibility index (Phi) is 4.52. The fraction of sp³-hybridized carbons (Fsp3) is 0. The van der Waals surface area contributed by atoms with Crippen molar-refractivity contribution >= 4 is 27.2 Å². The highest BCUT2D eigenvalue weighted by atomic mass is 32.2. The molecule has 0 aliphatic carbocycles. The van der Waals surface area contributed by atoms with Gasteiger partial charge in [-0.15, -0.1) is 14.6 Å². The van der Waals surface area contributed by atoms with Crippen molar-refractivity contribution in [1.29, 1.82) is 5.26 Å². The van der Waals surface area contributed by atoms with Gasteiger partial charge in [-0.05, 0) is 29.5 Å². The molecule has 11 nitrogen and oxygen atoms in total. The number of nitrogens with one attached hydrogen (secondary N) is 2. The molecule has 0 fully saturated rings. The van der Waals surface area contributed by atoms with E-state index in [1.807, 2.05) is 6.07 Å². The first-order chi connectivity index (χ1) is 10.9. The molecule has 0 aliphatic heterocycles. The van der Waals surface area contributed by atoms with Crippen LogP contribution < -0.4 is 16.8 Å². The van der Waals surface area contributed by atoms with E-state index in [1.54, 1.807) is 0 Å². The molecule has 0 atom stereocenters. The molecule has 23 heavy (non-hydrogen) atoms. The molecule has 0 aliphatic rings. The zero-order valence-corrected chi connectivity index (χ0v) is 12.3. The van der Waals surface area contributed by atoms with E-state index in [4.69, 9.17) is 16.7 Å². The van der Waals surface area contributed by atoms with Gasteiger partial charge in [-0.25, -0.2) is 0 Å². The van der Waals surface area contributed by atoms with E-state index in [0.29, 0.717) is 5.69 Å². The van der Waals surface area contributed by atoms with Crippen molar-refractivity contribution in [3.8, 4) is 6.07 Å². The predicted octanol–water partition coefficient (Wildman–Crippen LogP) is -0.862. The van der Waals surface area contributed by atoms with E-state index < -0.39 is 16.0 Å². The molecule has 6 N–H and O–H groups in total. The van der Waals surface area contributed by atoms with Crippen molar-refractivity contribution in [3.05, 3.63) is 36.3 Å². The number of hydrogen-bond donors (Lipinski definition) is 4. The van der Waals surface area contributed by atoms with Crippen LogP contribution in [0.1, 0.15) is 5.82 Å². The summed E-state index contributed by atoms with van der Waals surface area (Å²) in [6, 6.07) is 7.51. The largest absolute Gasteiger partial charge is 0.369 e. The zero-order chi connectivity index (χ0) is 16.9. The van der Waals surface area contributed by atoms with Crippen LogP contribution in [0, 0.1) is 11.3 Å². The summed E-state index contributed by atoms with van der Waals surface area (Å²) in [7, 11) is -3.94. The van der Waals surface area contributed by atoms with Gasteiger partial charge >= 0.3 is 0 Å². The van der Waals surface area contributed by atoms with Crippen LogP contribution >= 0.6 is 0 Å². The van der Waals surface area contributed by atoms with Crippen molar-refractivity contribution in [2.75, 3.05) is 5.32 Å². The van der Waals surface area contributed by atoms with E-state index in [0.717, 1.165) is 0 Å². The molecule has 2 aromatic rings. The Balaban J connectivity index is 2.18. The van der Waals surface area contributed by atoms with Gasteiger partial charge < -0.3 is 16.8 Å². The van der Waals surface area contributed by atoms with Gasteiger partial charge in [-0.1, -0.05) is 0 Å². The van der Waals surface area contributed by atoms with Crippen LogP contribution in [0.2, 0.25) is 0 Å². The fourth-order valence-electron chi connectivity index (χ4n) is 1.49. The number of benzene rings is 1. The standard InChI is InChI=1S/C11H11N9O2S/c12-5-7(10-16-19-20-17-10)6-15-8-1-3-9(4-2-8)23(21,22)18-11(13)14/h1-4,6,15H,(H4,13,14,18)(H,16,17,19,20). The number of aromatic amines is 1. The number of guanidine groups is 1. The van der Waals surface area contributed by atoms with Gasteiger partial charge in [0.05, 0.1) is 4.90 Å². The second-order valence-corrected chi connectivity index (χ2v) is 5.67. The Morgan fingerprint density at radius 2 is 2.04 bits per heavy atom. The first-order valence-corrected chi connectivity index (χ1v) is 7.43. The van der Waals surface area contributed by atoms with Crippen molar-refractivity contribution in [2.45, 2.75) is 4.90 Å². The maximum absolute atomic E-state index is 11.8. The van der Waals surface area contributed by atoms with Crippen LogP contribution in [-0.2, 0) is 10.0 Å². The van der Waals surface area contributed by atoms with Crippen molar-refractivity contribution in [3.63, 3.8) is 0 Å². The number of nitriles is 1. The molecular weight excluding hydrogens is 322 g/mol. The second kappa shape index (κ2) is 6.54. The topological polar surface area (TPSA) is 189 Å². The minimum atomic E-state index is -3.94. The first kappa shape index (κ1) is 15.9. The summed E-state index contributed by atoms with van der Waals surface area (Å²) < 4.78 is 26.7. The molecule has 1 aromatic heterocycles. The average molecular weight is 333 g/mol. The smallest absolute Gasteiger partial charge is 0.285 e. The Hall–Kier alpha value is -3.46. The van der Waals surface area contributed by atoms with Gasteiger partial charge in [0.2, 0.25) is 11.8 Å². The molecule has 0 saturated carbocycles. The van der Waals surface area contributed by atoms with Gasteiger partial charge in [-0.2, -0.15) is 18.9 Å². The second-order valence-electron chi connectivity index (χ2n) is 4.07. The molecule has 0 radical (unpaired) electrons. The summed E-state index contributed by atoms with van der Waals surface area (Å²) in [6.45, 7) is 0. The van der Waals surface area contributed by atoms with Gasteiger partial charge in [0.15, 0.2) is 0 Å².